The molecule has 0 spiro atoms. The van der Waals surface area contributed by atoms with Gasteiger partial charge in [0.2, 0.25) is 0 Å². The zero-order chi connectivity index (χ0) is 16.2. The fraction of sp³-hybridized carbons (Fsp3) is 0.176. The van der Waals surface area contributed by atoms with E-state index in [4.69, 9.17) is 9.47 Å². The van der Waals surface area contributed by atoms with Crippen LogP contribution in [0.5, 0.6) is 11.5 Å². The van der Waals surface area contributed by atoms with Gasteiger partial charge in [-0.3, -0.25) is 9.89 Å². The number of hydrogen-bond donors (Lipinski definition) is 2. The van der Waals surface area contributed by atoms with Crippen molar-refractivity contribution < 1.29 is 14.3 Å². The lowest BCUT2D eigenvalue weighted by atomic mass is 10.1. The average molecular weight is 311 g/mol. The topological polar surface area (TPSA) is 76.2 Å². The molecule has 0 fully saturated rings. The molecule has 1 aromatic heterocycles. The SMILES string of the molecule is COc1ccc(CNC(=O)c2n[nH]c3ccccc23)c(OC)c1. The van der Waals surface area contributed by atoms with Gasteiger partial charge in [-0.2, -0.15) is 5.10 Å². The summed E-state index contributed by atoms with van der Waals surface area (Å²) in [6.07, 6.45) is 0. The minimum Gasteiger partial charge on any atom is -0.497 e. The van der Waals surface area contributed by atoms with Crippen molar-refractivity contribution in [1.29, 1.82) is 0 Å². The Morgan fingerprint density at radius 3 is 2.78 bits per heavy atom. The molecule has 0 aliphatic heterocycles. The van der Waals surface area contributed by atoms with Crippen LogP contribution in [-0.2, 0) is 6.54 Å². The second-order valence-electron chi connectivity index (χ2n) is 4.98. The summed E-state index contributed by atoms with van der Waals surface area (Å²) in [5.41, 5.74) is 2.08. The minimum absolute atomic E-state index is 0.236. The third-order valence-electron chi connectivity index (χ3n) is 3.62. The van der Waals surface area contributed by atoms with Crippen LogP contribution in [0.25, 0.3) is 10.9 Å². The van der Waals surface area contributed by atoms with Gasteiger partial charge in [0.15, 0.2) is 5.69 Å². The minimum atomic E-state index is -0.236. The van der Waals surface area contributed by atoms with Gasteiger partial charge in [-0.05, 0) is 18.2 Å². The van der Waals surface area contributed by atoms with E-state index in [0.717, 1.165) is 16.5 Å². The van der Waals surface area contributed by atoms with Crippen molar-refractivity contribution in [3.63, 3.8) is 0 Å². The Morgan fingerprint density at radius 2 is 2.00 bits per heavy atom. The number of benzene rings is 2. The van der Waals surface area contributed by atoms with E-state index in [2.05, 4.69) is 15.5 Å². The number of rotatable bonds is 5. The van der Waals surface area contributed by atoms with Crippen LogP contribution < -0.4 is 14.8 Å². The van der Waals surface area contributed by atoms with Crippen LogP contribution in [0.3, 0.4) is 0 Å². The molecule has 0 aliphatic carbocycles. The number of methoxy groups -OCH3 is 2. The number of fused-ring (bicyclic) bond motifs is 1. The fourth-order valence-electron chi connectivity index (χ4n) is 2.39. The highest BCUT2D eigenvalue weighted by atomic mass is 16.5. The molecule has 0 atom stereocenters. The number of aromatic nitrogens is 2. The summed E-state index contributed by atoms with van der Waals surface area (Å²) in [4.78, 5) is 12.4. The van der Waals surface area contributed by atoms with Gasteiger partial charge in [0, 0.05) is 23.6 Å². The summed E-state index contributed by atoms with van der Waals surface area (Å²) in [7, 11) is 3.18. The van der Waals surface area contributed by atoms with E-state index < -0.39 is 0 Å². The first kappa shape index (κ1) is 14.9. The van der Waals surface area contributed by atoms with E-state index in [1.807, 2.05) is 36.4 Å². The summed E-state index contributed by atoms with van der Waals surface area (Å²) in [5, 5.41) is 10.6. The normalized spacial score (nSPS) is 10.5. The van der Waals surface area contributed by atoms with Crippen molar-refractivity contribution in [1.82, 2.24) is 15.5 Å². The third kappa shape index (κ3) is 2.96. The summed E-state index contributed by atoms with van der Waals surface area (Å²) in [6.45, 7) is 0.340. The number of para-hydroxylation sites is 1. The largest absolute Gasteiger partial charge is 0.497 e. The molecule has 6 heteroatoms. The van der Waals surface area contributed by atoms with Crippen molar-refractivity contribution in [2.24, 2.45) is 0 Å². The highest BCUT2D eigenvalue weighted by Crippen LogP contribution is 2.24. The number of carbonyl (C=O) groups is 1. The van der Waals surface area contributed by atoms with E-state index in [9.17, 15) is 4.79 Å². The lowest BCUT2D eigenvalue weighted by Crippen LogP contribution is -2.23. The molecule has 1 heterocycles. The predicted octanol–water partition coefficient (Wildman–Crippen LogP) is 2.51. The van der Waals surface area contributed by atoms with E-state index in [-0.39, 0.29) is 5.91 Å². The zero-order valence-corrected chi connectivity index (χ0v) is 12.9. The van der Waals surface area contributed by atoms with Gasteiger partial charge in [0.05, 0.1) is 19.7 Å². The Balaban J connectivity index is 1.77. The second kappa shape index (κ2) is 6.39. The van der Waals surface area contributed by atoms with E-state index in [1.54, 1.807) is 20.3 Å². The van der Waals surface area contributed by atoms with Gasteiger partial charge in [0.1, 0.15) is 11.5 Å². The number of nitrogens with zero attached hydrogens (tertiary/aromatic N) is 1. The third-order valence-corrected chi connectivity index (χ3v) is 3.62. The number of amides is 1. The Labute approximate surface area is 133 Å². The number of H-pyrrole nitrogens is 1. The maximum Gasteiger partial charge on any atom is 0.272 e. The standard InChI is InChI=1S/C17H17N3O3/c1-22-12-8-7-11(15(9-12)23-2)10-18-17(21)16-13-5-3-4-6-14(13)19-20-16/h3-9H,10H2,1-2H3,(H,18,21)(H,19,20). The quantitative estimate of drug-likeness (QED) is 0.759. The Morgan fingerprint density at radius 1 is 1.17 bits per heavy atom. The molecule has 3 aromatic rings. The highest BCUT2D eigenvalue weighted by Gasteiger charge is 2.14. The molecule has 23 heavy (non-hydrogen) atoms. The Kier molecular flexibility index (Phi) is 4.14. The van der Waals surface area contributed by atoms with Crippen LogP contribution in [-0.4, -0.2) is 30.3 Å². The molecule has 6 nitrogen and oxygen atoms in total. The molecule has 0 bridgehead atoms. The van der Waals surface area contributed by atoms with Crippen LogP contribution in [0.2, 0.25) is 0 Å². The van der Waals surface area contributed by atoms with Crippen LogP contribution in [0.4, 0.5) is 0 Å². The fourth-order valence-corrected chi connectivity index (χ4v) is 2.39. The summed E-state index contributed by atoms with van der Waals surface area (Å²) in [5.74, 6) is 1.13. The number of carbonyl (C=O) groups excluding carboxylic acids is 1. The number of hydrogen-bond acceptors (Lipinski definition) is 4. The van der Waals surface area contributed by atoms with Gasteiger partial charge in [-0.1, -0.05) is 18.2 Å². The Bertz CT molecular complexity index is 842. The highest BCUT2D eigenvalue weighted by molar-refractivity contribution is 6.04. The molecule has 0 unspecified atom stereocenters. The van der Waals surface area contributed by atoms with E-state index >= 15 is 0 Å². The van der Waals surface area contributed by atoms with Gasteiger partial charge in [-0.25, -0.2) is 0 Å². The first-order valence-corrected chi connectivity index (χ1v) is 7.15. The predicted molar refractivity (Wildman–Crippen MR) is 86.8 cm³/mol. The molecule has 3 rings (SSSR count). The summed E-state index contributed by atoms with van der Waals surface area (Å²) < 4.78 is 10.5. The molecule has 118 valence electrons. The lowest BCUT2D eigenvalue weighted by Gasteiger charge is -2.11. The Hall–Kier alpha value is -3.02. The smallest absolute Gasteiger partial charge is 0.272 e. The number of aromatic amines is 1. The first-order chi connectivity index (χ1) is 11.2. The summed E-state index contributed by atoms with van der Waals surface area (Å²) in [6, 6.07) is 13.0. The van der Waals surface area contributed by atoms with Gasteiger partial charge >= 0.3 is 0 Å². The molecule has 1 amide bonds. The second-order valence-corrected chi connectivity index (χ2v) is 4.98. The van der Waals surface area contributed by atoms with Crippen molar-refractivity contribution in [3.8, 4) is 11.5 Å². The first-order valence-electron chi connectivity index (χ1n) is 7.15. The maximum atomic E-state index is 12.4. The molecule has 2 N–H and O–H groups in total. The van der Waals surface area contributed by atoms with E-state index in [1.165, 1.54) is 0 Å². The van der Waals surface area contributed by atoms with Crippen molar-refractivity contribution in [2.75, 3.05) is 14.2 Å². The molecular formula is C17H17N3O3. The van der Waals surface area contributed by atoms with Crippen LogP contribution in [0.15, 0.2) is 42.5 Å². The van der Waals surface area contributed by atoms with Crippen LogP contribution >= 0.6 is 0 Å². The van der Waals surface area contributed by atoms with Gasteiger partial charge in [0.25, 0.3) is 5.91 Å². The average Bonchev–Trinajstić information content (AvgIpc) is 3.03. The zero-order valence-electron chi connectivity index (χ0n) is 12.9. The molecule has 0 aliphatic rings. The maximum absolute atomic E-state index is 12.4. The van der Waals surface area contributed by atoms with Crippen molar-refractivity contribution in [2.45, 2.75) is 6.54 Å². The molecular weight excluding hydrogens is 294 g/mol. The van der Waals surface area contributed by atoms with Gasteiger partial charge < -0.3 is 14.8 Å². The van der Waals surface area contributed by atoms with Crippen LogP contribution in [0.1, 0.15) is 16.1 Å². The summed E-state index contributed by atoms with van der Waals surface area (Å²) >= 11 is 0. The number of nitrogens with one attached hydrogen (secondary N) is 2. The van der Waals surface area contributed by atoms with E-state index in [0.29, 0.717) is 23.7 Å². The van der Waals surface area contributed by atoms with Crippen molar-refractivity contribution in [3.05, 3.63) is 53.7 Å². The number of ether oxygens (including phenoxy) is 2. The monoisotopic (exact) mass is 311 g/mol. The molecule has 0 radical (unpaired) electrons. The van der Waals surface area contributed by atoms with Crippen LogP contribution in [0, 0.1) is 0 Å². The molecule has 0 saturated heterocycles. The van der Waals surface area contributed by atoms with Crippen molar-refractivity contribution >= 4 is 16.8 Å². The molecule has 2 aromatic carbocycles. The lowest BCUT2D eigenvalue weighted by molar-refractivity contribution is 0.0947. The van der Waals surface area contributed by atoms with Gasteiger partial charge in [-0.15, -0.1) is 0 Å². The molecule has 0 saturated carbocycles.